The standard InChI is InChI=1S/C14H17BrO2/c1-9-6-12(10(2)16)14(13(15)7-9)17-8-11-4-3-5-11/h6-7,11H,3-5,8H2,1-2H3. The monoisotopic (exact) mass is 296 g/mol. The lowest BCUT2D eigenvalue weighted by Gasteiger charge is -2.26. The van der Waals surface area contributed by atoms with Gasteiger partial charge >= 0.3 is 0 Å². The van der Waals surface area contributed by atoms with Crippen LogP contribution < -0.4 is 4.74 Å². The third-order valence-electron chi connectivity index (χ3n) is 3.26. The van der Waals surface area contributed by atoms with Crippen LogP contribution in [0.4, 0.5) is 0 Å². The first-order valence-corrected chi connectivity index (χ1v) is 6.81. The van der Waals surface area contributed by atoms with Crippen molar-refractivity contribution >= 4 is 21.7 Å². The van der Waals surface area contributed by atoms with Gasteiger partial charge in [0.1, 0.15) is 5.75 Å². The Morgan fingerprint density at radius 1 is 1.47 bits per heavy atom. The number of rotatable bonds is 4. The van der Waals surface area contributed by atoms with E-state index in [0.29, 0.717) is 17.2 Å². The Morgan fingerprint density at radius 2 is 2.18 bits per heavy atom. The summed E-state index contributed by atoms with van der Waals surface area (Å²) in [6.45, 7) is 4.28. The minimum absolute atomic E-state index is 0.0537. The quantitative estimate of drug-likeness (QED) is 0.781. The molecule has 0 aliphatic heterocycles. The van der Waals surface area contributed by atoms with Crippen molar-refractivity contribution in [1.29, 1.82) is 0 Å². The molecular weight excluding hydrogens is 280 g/mol. The molecule has 0 N–H and O–H groups in total. The molecule has 0 bridgehead atoms. The Morgan fingerprint density at radius 3 is 2.71 bits per heavy atom. The van der Waals surface area contributed by atoms with Crippen LogP contribution in [0.1, 0.15) is 42.1 Å². The van der Waals surface area contributed by atoms with E-state index in [9.17, 15) is 4.79 Å². The lowest BCUT2D eigenvalue weighted by molar-refractivity contribution is 0.101. The summed E-state index contributed by atoms with van der Waals surface area (Å²) in [7, 11) is 0. The van der Waals surface area contributed by atoms with Crippen LogP contribution in [0, 0.1) is 12.8 Å². The molecule has 92 valence electrons. The van der Waals surface area contributed by atoms with Crippen molar-refractivity contribution in [2.45, 2.75) is 33.1 Å². The number of aryl methyl sites for hydroxylation is 1. The minimum atomic E-state index is 0.0537. The van der Waals surface area contributed by atoms with Crippen LogP contribution in [-0.2, 0) is 0 Å². The second-order valence-corrected chi connectivity index (χ2v) is 5.64. The van der Waals surface area contributed by atoms with Gasteiger partial charge < -0.3 is 4.74 Å². The molecule has 0 saturated heterocycles. The highest BCUT2D eigenvalue weighted by Gasteiger charge is 2.20. The molecule has 0 radical (unpaired) electrons. The number of hydrogen-bond acceptors (Lipinski definition) is 2. The summed E-state index contributed by atoms with van der Waals surface area (Å²) in [4.78, 5) is 11.6. The zero-order chi connectivity index (χ0) is 12.4. The van der Waals surface area contributed by atoms with Crippen molar-refractivity contribution in [3.8, 4) is 5.75 Å². The van der Waals surface area contributed by atoms with Crippen LogP contribution in [0.5, 0.6) is 5.75 Å². The maximum atomic E-state index is 11.6. The number of benzene rings is 1. The summed E-state index contributed by atoms with van der Waals surface area (Å²) >= 11 is 3.48. The summed E-state index contributed by atoms with van der Waals surface area (Å²) in [6.07, 6.45) is 3.81. The zero-order valence-corrected chi connectivity index (χ0v) is 11.8. The molecule has 0 heterocycles. The fourth-order valence-corrected chi connectivity index (χ4v) is 2.69. The smallest absolute Gasteiger partial charge is 0.163 e. The van der Waals surface area contributed by atoms with Crippen LogP contribution >= 0.6 is 15.9 Å². The van der Waals surface area contributed by atoms with Crippen molar-refractivity contribution in [2.75, 3.05) is 6.61 Å². The van der Waals surface area contributed by atoms with E-state index in [0.717, 1.165) is 16.6 Å². The van der Waals surface area contributed by atoms with Crippen molar-refractivity contribution in [2.24, 2.45) is 5.92 Å². The van der Waals surface area contributed by atoms with E-state index in [1.807, 2.05) is 19.1 Å². The number of ether oxygens (including phenoxy) is 1. The van der Waals surface area contributed by atoms with Crippen LogP contribution in [0.3, 0.4) is 0 Å². The number of hydrogen-bond donors (Lipinski definition) is 0. The zero-order valence-electron chi connectivity index (χ0n) is 10.3. The van der Waals surface area contributed by atoms with E-state index in [4.69, 9.17) is 4.74 Å². The number of carbonyl (C=O) groups excluding carboxylic acids is 1. The first-order valence-electron chi connectivity index (χ1n) is 6.02. The second-order valence-electron chi connectivity index (χ2n) is 4.79. The molecule has 1 aromatic carbocycles. The van der Waals surface area contributed by atoms with E-state index in [2.05, 4.69) is 15.9 Å². The SMILES string of the molecule is CC(=O)c1cc(C)cc(Br)c1OCC1CCC1. The summed E-state index contributed by atoms with van der Waals surface area (Å²) in [5.41, 5.74) is 1.74. The van der Waals surface area contributed by atoms with Gasteiger partial charge in [0.05, 0.1) is 16.6 Å². The molecule has 17 heavy (non-hydrogen) atoms. The first kappa shape index (κ1) is 12.6. The van der Waals surface area contributed by atoms with Crippen LogP contribution in [-0.4, -0.2) is 12.4 Å². The molecule has 1 aliphatic carbocycles. The molecule has 2 nitrogen and oxygen atoms in total. The maximum absolute atomic E-state index is 11.6. The summed E-state index contributed by atoms with van der Waals surface area (Å²) in [5.74, 6) is 1.43. The highest BCUT2D eigenvalue weighted by Crippen LogP contribution is 2.33. The Balaban J connectivity index is 2.20. The van der Waals surface area contributed by atoms with Crippen molar-refractivity contribution < 1.29 is 9.53 Å². The van der Waals surface area contributed by atoms with Gasteiger partial charge in [0.25, 0.3) is 0 Å². The first-order chi connectivity index (χ1) is 8.08. The Hall–Kier alpha value is -0.830. The molecule has 1 saturated carbocycles. The molecule has 0 amide bonds. The van der Waals surface area contributed by atoms with Gasteiger partial charge in [0, 0.05) is 0 Å². The normalized spacial score (nSPS) is 15.5. The largest absolute Gasteiger partial charge is 0.491 e. The van der Waals surface area contributed by atoms with Gasteiger partial charge in [0.15, 0.2) is 5.78 Å². The maximum Gasteiger partial charge on any atom is 0.163 e. The third-order valence-corrected chi connectivity index (χ3v) is 3.84. The van der Waals surface area contributed by atoms with Gasteiger partial charge in [-0.3, -0.25) is 4.79 Å². The number of ketones is 1. The topological polar surface area (TPSA) is 26.3 Å². The Bertz CT molecular complexity index is 436. The van der Waals surface area contributed by atoms with Gasteiger partial charge in [-0.25, -0.2) is 0 Å². The van der Waals surface area contributed by atoms with Crippen LogP contribution in [0.15, 0.2) is 16.6 Å². The van der Waals surface area contributed by atoms with Crippen molar-refractivity contribution in [3.05, 3.63) is 27.7 Å². The lowest BCUT2D eigenvalue weighted by Crippen LogP contribution is -2.20. The molecule has 1 aromatic rings. The molecule has 1 fully saturated rings. The molecule has 0 unspecified atom stereocenters. The molecule has 1 aliphatic rings. The average Bonchev–Trinajstić information content (AvgIpc) is 2.17. The van der Waals surface area contributed by atoms with E-state index in [-0.39, 0.29) is 5.78 Å². The fraction of sp³-hybridized carbons (Fsp3) is 0.500. The Labute approximate surface area is 110 Å². The van der Waals surface area contributed by atoms with Gasteiger partial charge in [-0.1, -0.05) is 6.42 Å². The second kappa shape index (κ2) is 5.21. The van der Waals surface area contributed by atoms with Gasteiger partial charge in [-0.15, -0.1) is 0 Å². The summed E-state index contributed by atoms with van der Waals surface area (Å²) in [5, 5.41) is 0. The average molecular weight is 297 g/mol. The number of carbonyl (C=O) groups is 1. The molecule has 0 atom stereocenters. The van der Waals surface area contributed by atoms with Gasteiger partial charge in [-0.05, 0) is 66.2 Å². The summed E-state index contributed by atoms with van der Waals surface area (Å²) < 4.78 is 6.70. The Kier molecular flexibility index (Phi) is 3.87. The molecule has 0 spiro atoms. The van der Waals surface area contributed by atoms with Gasteiger partial charge in [-0.2, -0.15) is 0 Å². The van der Waals surface area contributed by atoms with Crippen molar-refractivity contribution in [3.63, 3.8) is 0 Å². The highest BCUT2D eigenvalue weighted by atomic mass is 79.9. The highest BCUT2D eigenvalue weighted by molar-refractivity contribution is 9.10. The predicted octanol–water partition coefficient (Wildman–Crippen LogP) is 4.14. The third kappa shape index (κ3) is 2.89. The molecular formula is C14H17BrO2. The summed E-state index contributed by atoms with van der Waals surface area (Å²) in [6, 6.07) is 3.88. The number of halogens is 1. The minimum Gasteiger partial charge on any atom is -0.491 e. The number of Topliss-reactive ketones (excluding diaryl/α,β-unsaturated/α-hetero) is 1. The van der Waals surface area contributed by atoms with Crippen molar-refractivity contribution in [1.82, 2.24) is 0 Å². The van der Waals surface area contributed by atoms with E-state index >= 15 is 0 Å². The lowest BCUT2D eigenvalue weighted by atomic mass is 9.86. The van der Waals surface area contributed by atoms with Crippen LogP contribution in [0.2, 0.25) is 0 Å². The van der Waals surface area contributed by atoms with E-state index in [1.54, 1.807) is 6.92 Å². The van der Waals surface area contributed by atoms with E-state index in [1.165, 1.54) is 19.3 Å². The van der Waals surface area contributed by atoms with E-state index < -0.39 is 0 Å². The van der Waals surface area contributed by atoms with Crippen LogP contribution in [0.25, 0.3) is 0 Å². The molecule has 2 rings (SSSR count). The molecule has 3 heteroatoms. The van der Waals surface area contributed by atoms with Gasteiger partial charge in [0.2, 0.25) is 0 Å². The fourth-order valence-electron chi connectivity index (χ4n) is 2.00. The predicted molar refractivity (Wildman–Crippen MR) is 71.7 cm³/mol. The molecule has 0 aromatic heterocycles.